The van der Waals surface area contributed by atoms with Crippen LogP contribution in [0.3, 0.4) is 0 Å². The van der Waals surface area contributed by atoms with Gasteiger partial charge in [0, 0.05) is 37.0 Å². The first kappa shape index (κ1) is 26.9. The SMILES string of the molecule is COP(=O)(Nc1ccc(F)cc1)C1=C(N2CCOCC2)C(=C(OC(=O)c2ccccc2)c2ccccc2)CC1. The largest absolute Gasteiger partial charge is 0.422 e. The van der Waals surface area contributed by atoms with E-state index in [-0.39, 0.29) is 5.82 Å². The molecule has 0 bridgehead atoms. The molecule has 5 rings (SSSR count). The Morgan fingerprint density at radius 3 is 2.13 bits per heavy atom. The molecule has 202 valence electrons. The van der Waals surface area contributed by atoms with Crippen LogP contribution in [0.2, 0.25) is 0 Å². The van der Waals surface area contributed by atoms with Gasteiger partial charge < -0.3 is 24.0 Å². The number of nitrogens with zero attached hydrogens (tertiary/aromatic N) is 1. The van der Waals surface area contributed by atoms with Gasteiger partial charge in [-0.2, -0.15) is 0 Å². The monoisotopic (exact) mass is 548 g/mol. The first-order valence-electron chi connectivity index (χ1n) is 12.8. The predicted molar refractivity (Wildman–Crippen MR) is 149 cm³/mol. The van der Waals surface area contributed by atoms with E-state index in [9.17, 15) is 13.8 Å². The van der Waals surface area contributed by atoms with Gasteiger partial charge in [-0.05, 0) is 49.2 Å². The molecule has 3 aromatic rings. The number of carbonyl (C=O) groups is 1. The molecule has 0 spiro atoms. The maximum atomic E-state index is 14.4. The number of benzene rings is 3. The Bertz CT molecular complexity index is 1420. The second-order valence-electron chi connectivity index (χ2n) is 9.18. The van der Waals surface area contributed by atoms with E-state index in [2.05, 4.69) is 9.99 Å². The van der Waals surface area contributed by atoms with Gasteiger partial charge in [0.1, 0.15) is 11.6 Å². The van der Waals surface area contributed by atoms with Gasteiger partial charge in [0.15, 0.2) is 0 Å². The zero-order valence-corrected chi connectivity index (χ0v) is 22.5. The van der Waals surface area contributed by atoms with Crippen LogP contribution < -0.4 is 5.09 Å². The summed E-state index contributed by atoms with van der Waals surface area (Å²) in [6.07, 6.45) is 0.924. The molecule has 1 unspecified atom stereocenters. The maximum Gasteiger partial charge on any atom is 0.343 e. The Hall–Kier alpha value is -3.71. The molecule has 3 aromatic carbocycles. The van der Waals surface area contributed by atoms with E-state index in [0.29, 0.717) is 61.5 Å². The van der Waals surface area contributed by atoms with Gasteiger partial charge in [-0.25, -0.2) is 9.18 Å². The standard InChI is InChI=1S/C30H30FN2O5P/c1-36-39(35,32-25-14-12-24(31)13-15-25)27-17-16-26(28(27)33-18-20-37-21-19-33)29(22-8-4-2-5-9-22)38-30(34)23-10-6-3-7-11-23/h2-15H,16-21H2,1H3,(H,32,35). The van der Waals surface area contributed by atoms with Crippen LogP contribution >= 0.6 is 7.52 Å². The van der Waals surface area contributed by atoms with Gasteiger partial charge in [0.05, 0.1) is 29.8 Å². The quantitative estimate of drug-likeness (QED) is 0.191. The van der Waals surface area contributed by atoms with Crippen LogP contribution in [0.1, 0.15) is 28.8 Å². The summed E-state index contributed by atoms with van der Waals surface area (Å²) in [7, 11) is -2.22. The summed E-state index contributed by atoms with van der Waals surface area (Å²) in [5.74, 6) is -0.443. The van der Waals surface area contributed by atoms with Crippen molar-refractivity contribution < 1.29 is 27.7 Å². The molecule has 1 heterocycles. The van der Waals surface area contributed by atoms with Crippen molar-refractivity contribution in [2.75, 3.05) is 38.5 Å². The molecule has 1 atom stereocenters. The number of anilines is 1. The van der Waals surface area contributed by atoms with Crippen molar-refractivity contribution in [3.63, 3.8) is 0 Å². The third-order valence-corrected chi connectivity index (χ3v) is 8.96. The van der Waals surface area contributed by atoms with Crippen LogP contribution in [-0.2, 0) is 18.6 Å². The Kier molecular flexibility index (Phi) is 8.27. The summed E-state index contributed by atoms with van der Waals surface area (Å²) in [6.45, 7) is 2.18. The lowest BCUT2D eigenvalue weighted by atomic mass is 10.0. The van der Waals surface area contributed by atoms with Crippen LogP contribution in [0.4, 0.5) is 10.1 Å². The lowest BCUT2D eigenvalue weighted by Crippen LogP contribution is -2.36. The maximum absolute atomic E-state index is 14.4. The van der Waals surface area contributed by atoms with Gasteiger partial charge in [0.25, 0.3) is 0 Å². The van der Waals surface area contributed by atoms with E-state index in [1.807, 2.05) is 36.4 Å². The summed E-state index contributed by atoms with van der Waals surface area (Å²) >= 11 is 0. The minimum Gasteiger partial charge on any atom is -0.422 e. The highest BCUT2D eigenvalue weighted by atomic mass is 31.2. The van der Waals surface area contributed by atoms with Crippen LogP contribution in [0.15, 0.2) is 102 Å². The number of allylic oxidation sites excluding steroid dienone is 2. The number of hydrogen-bond acceptors (Lipinski definition) is 6. The minimum atomic E-state index is -3.62. The molecule has 2 aliphatic rings. The third-order valence-electron chi connectivity index (χ3n) is 6.75. The Morgan fingerprint density at radius 1 is 0.897 bits per heavy atom. The van der Waals surface area contributed by atoms with Crippen LogP contribution in [-0.4, -0.2) is 44.3 Å². The summed E-state index contributed by atoms with van der Waals surface area (Å²) in [5, 5.41) is 3.62. The number of carbonyl (C=O) groups excluding carboxylic acids is 1. The van der Waals surface area contributed by atoms with Gasteiger partial charge in [-0.15, -0.1) is 0 Å². The van der Waals surface area contributed by atoms with E-state index in [1.165, 1.54) is 31.4 Å². The summed E-state index contributed by atoms with van der Waals surface area (Å²) in [6, 6.07) is 23.9. The van der Waals surface area contributed by atoms with Crippen molar-refractivity contribution in [1.82, 2.24) is 4.90 Å². The highest BCUT2D eigenvalue weighted by molar-refractivity contribution is 7.65. The molecule has 0 aromatic heterocycles. The van der Waals surface area contributed by atoms with Gasteiger partial charge in [-0.3, -0.25) is 4.57 Å². The van der Waals surface area contributed by atoms with Gasteiger partial charge >= 0.3 is 13.5 Å². The summed E-state index contributed by atoms with van der Waals surface area (Å²) in [4.78, 5) is 15.4. The smallest absolute Gasteiger partial charge is 0.343 e. The molecule has 1 N–H and O–H groups in total. The lowest BCUT2D eigenvalue weighted by molar-refractivity contribution is 0.0544. The third kappa shape index (κ3) is 5.98. The minimum absolute atomic E-state index is 0.389. The number of rotatable bonds is 8. The van der Waals surface area contributed by atoms with Crippen LogP contribution in [0.5, 0.6) is 0 Å². The first-order chi connectivity index (χ1) is 19.0. The van der Waals surface area contributed by atoms with E-state index in [1.54, 1.807) is 24.3 Å². The second-order valence-corrected chi connectivity index (χ2v) is 11.4. The molecule has 39 heavy (non-hydrogen) atoms. The molecule has 9 heteroatoms. The number of hydrogen-bond donors (Lipinski definition) is 1. The fourth-order valence-electron chi connectivity index (χ4n) is 4.85. The lowest BCUT2D eigenvalue weighted by Gasteiger charge is -2.33. The Morgan fingerprint density at radius 2 is 1.51 bits per heavy atom. The zero-order chi connectivity index (χ0) is 27.2. The van der Waals surface area contributed by atoms with Crippen LogP contribution in [0.25, 0.3) is 5.76 Å². The van der Waals surface area contributed by atoms with E-state index >= 15 is 0 Å². The molecular weight excluding hydrogens is 518 g/mol. The molecule has 0 radical (unpaired) electrons. The molecule has 1 saturated heterocycles. The number of nitrogens with one attached hydrogen (secondary N) is 1. The molecule has 0 saturated carbocycles. The molecule has 1 fully saturated rings. The Labute approximate surface area is 227 Å². The predicted octanol–water partition coefficient (Wildman–Crippen LogP) is 6.68. The van der Waals surface area contributed by atoms with Gasteiger partial charge in [0.2, 0.25) is 0 Å². The number of morpholine rings is 1. The molecular formula is C30H30FN2O5P. The Balaban J connectivity index is 1.65. The zero-order valence-electron chi connectivity index (χ0n) is 21.6. The average molecular weight is 549 g/mol. The normalized spacial score (nSPS) is 18.5. The fraction of sp³-hybridized carbons (Fsp3) is 0.233. The van der Waals surface area contributed by atoms with E-state index in [0.717, 1.165) is 16.8 Å². The average Bonchev–Trinajstić information content (AvgIpc) is 3.44. The molecule has 1 aliphatic heterocycles. The molecule has 1 aliphatic carbocycles. The molecule has 0 amide bonds. The number of halogens is 1. The number of esters is 1. The summed E-state index contributed by atoms with van der Waals surface area (Å²) < 4.78 is 45.3. The van der Waals surface area contributed by atoms with E-state index in [4.69, 9.17) is 14.0 Å². The van der Waals surface area contributed by atoms with Crippen molar-refractivity contribution in [3.05, 3.63) is 118 Å². The number of ether oxygens (including phenoxy) is 2. The van der Waals surface area contributed by atoms with Gasteiger partial charge in [-0.1, -0.05) is 48.5 Å². The molecule has 7 nitrogen and oxygen atoms in total. The van der Waals surface area contributed by atoms with Crippen molar-refractivity contribution in [3.8, 4) is 0 Å². The highest BCUT2D eigenvalue weighted by Crippen LogP contribution is 2.61. The second kappa shape index (κ2) is 12.0. The van der Waals surface area contributed by atoms with Crippen molar-refractivity contribution in [2.45, 2.75) is 12.8 Å². The topological polar surface area (TPSA) is 77.1 Å². The van der Waals surface area contributed by atoms with E-state index < -0.39 is 13.5 Å². The van der Waals surface area contributed by atoms with Crippen molar-refractivity contribution in [1.29, 1.82) is 0 Å². The highest BCUT2D eigenvalue weighted by Gasteiger charge is 2.40. The first-order valence-corrected chi connectivity index (χ1v) is 14.4. The van der Waals surface area contributed by atoms with Crippen LogP contribution in [0, 0.1) is 5.82 Å². The fourth-order valence-corrected chi connectivity index (χ4v) is 6.75. The van der Waals surface area contributed by atoms with Crippen molar-refractivity contribution in [2.24, 2.45) is 0 Å². The van der Waals surface area contributed by atoms with Crippen molar-refractivity contribution >= 4 is 24.9 Å². The summed E-state index contributed by atoms with van der Waals surface area (Å²) in [5.41, 5.74) is 3.16.